The molecular weight excluding hydrogens is 407 g/mol. The van der Waals surface area contributed by atoms with Gasteiger partial charge in [0.05, 0.1) is 24.1 Å². The fraction of sp³-hybridized carbons (Fsp3) is 0. The van der Waals surface area contributed by atoms with Gasteiger partial charge in [0.2, 0.25) is 0 Å². The van der Waals surface area contributed by atoms with Gasteiger partial charge in [-0.05, 0) is 30.3 Å². The maximum Gasteiger partial charge on any atom is 1.00 e. The number of nitrogens with zero attached hydrogens (tertiary/aromatic N) is 2. The molecule has 0 aliphatic heterocycles. The molecule has 0 saturated carbocycles. The Balaban J connectivity index is 0.00000261. The van der Waals surface area contributed by atoms with Crippen LogP contribution in [0.25, 0.3) is 5.69 Å². The minimum Gasteiger partial charge on any atom is -0.545 e. The van der Waals surface area contributed by atoms with Crippen LogP contribution >= 0.6 is 0 Å². The number of halogens is 2. The Bertz CT molecular complexity index is 1100. The van der Waals surface area contributed by atoms with Crippen molar-refractivity contribution in [2.45, 2.75) is 4.90 Å². The second-order valence-corrected chi connectivity index (χ2v) is 6.84. The van der Waals surface area contributed by atoms with Crippen LogP contribution in [0, 0.1) is 11.6 Å². The summed E-state index contributed by atoms with van der Waals surface area (Å²) in [5, 5.41) is 14.8. The largest absolute Gasteiger partial charge is 1.00 e. The maximum absolute atomic E-state index is 13.8. The Morgan fingerprint density at radius 1 is 1.15 bits per heavy atom. The van der Waals surface area contributed by atoms with Crippen LogP contribution in [0.1, 0.15) is 10.4 Å². The summed E-state index contributed by atoms with van der Waals surface area (Å²) in [4.78, 5) is 10.7. The number of aromatic nitrogens is 2. The average molecular weight is 417 g/mol. The molecule has 0 fully saturated rings. The van der Waals surface area contributed by atoms with E-state index in [1.807, 2.05) is 4.72 Å². The van der Waals surface area contributed by atoms with Crippen LogP contribution in [0.15, 0.2) is 59.8 Å². The molecule has 27 heavy (non-hydrogen) atoms. The van der Waals surface area contributed by atoms with Crippen molar-refractivity contribution in [3.05, 3.63) is 72.1 Å². The third-order valence-corrected chi connectivity index (χ3v) is 4.73. The van der Waals surface area contributed by atoms with Crippen molar-refractivity contribution in [2.75, 3.05) is 4.72 Å². The van der Waals surface area contributed by atoms with Crippen molar-refractivity contribution < 1.29 is 78.5 Å². The molecule has 0 spiro atoms. The van der Waals surface area contributed by atoms with Crippen LogP contribution in [0.4, 0.5) is 14.5 Å². The van der Waals surface area contributed by atoms with E-state index in [1.54, 1.807) is 6.07 Å². The molecule has 0 aliphatic rings. The Labute approximate surface area is 195 Å². The molecule has 0 radical (unpaired) electrons. The van der Waals surface area contributed by atoms with Crippen molar-refractivity contribution in [3.63, 3.8) is 0 Å². The quantitative estimate of drug-likeness (QED) is 0.500. The first-order valence-corrected chi connectivity index (χ1v) is 8.59. The number of anilines is 1. The smallest absolute Gasteiger partial charge is 0.545 e. The molecule has 0 bridgehead atoms. The van der Waals surface area contributed by atoms with Crippen LogP contribution in [-0.4, -0.2) is 24.2 Å². The van der Waals surface area contributed by atoms with E-state index in [0.29, 0.717) is 6.07 Å². The first-order chi connectivity index (χ1) is 12.3. The monoisotopic (exact) mass is 417 g/mol. The van der Waals surface area contributed by atoms with Crippen LogP contribution in [-0.2, 0) is 10.0 Å². The average Bonchev–Trinajstić information content (AvgIpc) is 3.07. The fourth-order valence-corrected chi connectivity index (χ4v) is 3.20. The number of benzene rings is 2. The summed E-state index contributed by atoms with van der Waals surface area (Å²) in [5.74, 6) is -3.21. The van der Waals surface area contributed by atoms with E-state index in [4.69, 9.17) is 0 Å². The molecule has 0 aliphatic carbocycles. The van der Waals surface area contributed by atoms with E-state index in [2.05, 4.69) is 5.10 Å². The molecule has 2 aromatic carbocycles. The fourth-order valence-electron chi connectivity index (χ4n) is 2.19. The van der Waals surface area contributed by atoms with Gasteiger partial charge in [0, 0.05) is 5.56 Å². The van der Waals surface area contributed by atoms with Gasteiger partial charge in [-0.1, -0.05) is 12.1 Å². The van der Waals surface area contributed by atoms with Crippen molar-refractivity contribution >= 4 is 21.7 Å². The van der Waals surface area contributed by atoms with Crippen LogP contribution in [0.5, 0.6) is 0 Å². The number of hydrogen-bond donors (Lipinski definition) is 1. The minimum atomic E-state index is -4.25. The summed E-state index contributed by atoms with van der Waals surface area (Å²) in [6, 6.07) is 8.10. The Morgan fingerprint density at radius 3 is 2.52 bits per heavy atom. The standard InChI is InChI=1S/C16H11F2N3O4S.K/c17-10-5-6-14(12(7-10)16(22)23)20-26(24,25)11-8-19-21(9-11)15-4-2-1-3-13(15)18;/h1-9,20H,(H,22,23);/q;+1/p-1. The zero-order valence-electron chi connectivity index (χ0n) is 13.9. The van der Waals surface area contributed by atoms with Gasteiger partial charge in [-0.15, -0.1) is 0 Å². The summed E-state index contributed by atoms with van der Waals surface area (Å²) in [7, 11) is -4.25. The summed E-state index contributed by atoms with van der Waals surface area (Å²) < 4.78 is 54.9. The van der Waals surface area contributed by atoms with Gasteiger partial charge in [0.1, 0.15) is 22.2 Å². The van der Waals surface area contributed by atoms with Crippen molar-refractivity contribution in [2.24, 2.45) is 0 Å². The number of carbonyl (C=O) groups is 1. The molecular formula is C16H10F2KN3O4S. The molecule has 1 N–H and O–H groups in total. The van der Waals surface area contributed by atoms with Crippen LogP contribution < -0.4 is 61.2 Å². The Kier molecular flexibility index (Phi) is 6.89. The number of rotatable bonds is 5. The normalized spacial score (nSPS) is 10.9. The number of sulfonamides is 1. The Morgan fingerprint density at radius 2 is 1.85 bits per heavy atom. The maximum atomic E-state index is 13.8. The van der Waals surface area contributed by atoms with Gasteiger partial charge in [0.15, 0.2) is 0 Å². The number of aromatic carboxylic acids is 1. The zero-order valence-corrected chi connectivity index (χ0v) is 17.8. The topological polar surface area (TPSA) is 104 Å². The molecule has 1 heterocycles. The number of carboxylic acid groups (broad SMARTS) is 1. The van der Waals surface area contributed by atoms with Gasteiger partial charge in [-0.2, -0.15) is 5.10 Å². The van der Waals surface area contributed by atoms with Crippen molar-refractivity contribution in [1.29, 1.82) is 0 Å². The zero-order chi connectivity index (χ0) is 18.9. The molecule has 7 nitrogen and oxygen atoms in total. The minimum absolute atomic E-state index is 0. The first kappa shape index (κ1) is 21.7. The molecule has 0 unspecified atom stereocenters. The van der Waals surface area contributed by atoms with E-state index < -0.39 is 33.2 Å². The van der Waals surface area contributed by atoms with E-state index >= 15 is 0 Å². The van der Waals surface area contributed by atoms with Gasteiger partial charge in [0.25, 0.3) is 10.0 Å². The third kappa shape index (κ3) is 4.81. The number of hydrogen-bond acceptors (Lipinski definition) is 5. The molecule has 0 saturated heterocycles. The first-order valence-electron chi connectivity index (χ1n) is 7.11. The molecule has 1 aromatic heterocycles. The molecule has 3 rings (SSSR count). The number of carboxylic acids is 1. The number of nitrogens with one attached hydrogen (secondary N) is 1. The third-order valence-electron chi connectivity index (χ3n) is 3.41. The SMILES string of the molecule is O=C([O-])c1cc(F)ccc1NS(=O)(=O)c1cnn(-c2ccccc2F)c1.[K+]. The summed E-state index contributed by atoms with van der Waals surface area (Å²) in [5.41, 5.74) is -0.994. The molecule has 134 valence electrons. The Hall–Kier alpha value is -1.63. The van der Waals surface area contributed by atoms with Gasteiger partial charge in [-0.25, -0.2) is 21.9 Å². The van der Waals surface area contributed by atoms with Crippen molar-refractivity contribution in [1.82, 2.24) is 9.78 Å². The predicted octanol–water partition coefficient (Wildman–Crippen LogP) is -1.68. The van der Waals surface area contributed by atoms with Crippen molar-refractivity contribution in [3.8, 4) is 5.69 Å². The second-order valence-electron chi connectivity index (χ2n) is 5.15. The number of carbonyl (C=O) groups excluding carboxylic acids is 1. The number of para-hydroxylation sites is 1. The van der Waals surface area contributed by atoms with Crippen LogP contribution in [0.3, 0.4) is 0 Å². The van der Waals surface area contributed by atoms with E-state index in [1.165, 1.54) is 18.2 Å². The molecule has 0 amide bonds. The van der Waals surface area contributed by atoms with Gasteiger partial charge >= 0.3 is 51.4 Å². The summed E-state index contributed by atoms with van der Waals surface area (Å²) >= 11 is 0. The van der Waals surface area contributed by atoms with E-state index in [9.17, 15) is 27.1 Å². The molecule has 3 aromatic rings. The van der Waals surface area contributed by atoms with E-state index in [0.717, 1.165) is 29.2 Å². The molecule has 0 atom stereocenters. The molecule has 11 heteroatoms. The van der Waals surface area contributed by atoms with Gasteiger partial charge in [-0.3, -0.25) is 4.72 Å². The van der Waals surface area contributed by atoms with Crippen LogP contribution in [0.2, 0.25) is 0 Å². The summed E-state index contributed by atoms with van der Waals surface area (Å²) in [6.07, 6.45) is 2.03. The van der Waals surface area contributed by atoms with E-state index in [-0.39, 0.29) is 67.7 Å². The van der Waals surface area contributed by atoms with Gasteiger partial charge < -0.3 is 9.90 Å². The predicted molar refractivity (Wildman–Crippen MR) is 85.1 cm³/mol. The second kappa shape index (κ2) is 8.58. The summed E-state index contributed by atoms with van der Waals surface area (Å²) in [6.45, 7) is 0.